The van der Waals surface area contributed by atoms with E-state index in [2.05, 4.69) is 4.99 Å². The smallest absolute Gasteiger partial charge is 0.235 e. The van der Waals surface area contributed by atoms with Gasteiger partial charge in [-0.15, -0.1) is 0 Å². The average Bonchev–Trinajstić information content (AvgIpc) is 2.98. The molecule has 0 atom stereocenters. The molecule has 0 unspecified atom stereocenters. The van der Waals surface area contributed by atoms with Gasteiger partial charge in [0.2, 0.25) is 6.08 Å². The molecular formula is C13H13F2NO. The Balaban J connectivity index is 2.51. The fourth-order valence-corrected chi connectivity index (χ4v) is 1.90. The molecule has 1 saturated carbocycles. The van der Waals surface area contributed by atoms with Gasteiger partial charge in [-0.1, -0.05) is 6.07 Å². The lowest BCUT2D eigenvalue weighted by atomic mass is 9.94. The van der Waals surface area contributed by atoms with E-state index in [1.54, 1.807) is 0 Å². The number of alkyl halides is 1. The van der Waals surface area contributed by atoms with E-state index >= 15 is 0 Å². The Morgan fingerprint density at radius 2 is 2.06 bits per heavy atom. The Morgan fingerprint density at radius 3 is 2.53 bits per heavy atom. The lowest BCUT2D eigenvalue weighted by molar-refractivity contribution is 0.221. The van der Waals surface area contributed by atoms with Crippen LogP contribution >= 0.6 is 0 Å². The topological polar surface area (TPSA) is 29.4 Å². The number of benzene rings is 1. The highest BCUT2D eigenvalue weighted by molar-refractivity contribution is 5.43. The first-order valence-electron chi connectivity index (χ1n) is 5.47. The molecule has 1 fully saturated rings. The molecule has 0 bridgehead atoms. The van der Waals surface area contributed by atoms with Crippen molar-refractivity contribution in [3.8, 4) is 0 Å². The Hall–Kier alpha value is -1.54. The fourth-order valence-electron chi connectivity index (χ4n) is 1.90. The maximum absolute atomic E-state index is 13.8. The van der Waals surface area contributed by atoms with Gasteiger partial charge in [0, 0.05) is 5.56 Å². The van der Waals surface area contributed by atoms with Crippen LogP contribution in [-0.4, -0.2) is 6.08 Å². The highest BCUT2D eigenvalue weighted by Gasteiger charge is 2.47. The second-order valence-electron chi connectivity index (χ2n) is 4.90. The SMILES string of the molecule is CC(C)(F)c1ccc(F)c(C2(N=C=O)CC2)c1. The van der Waals surface area contributed by atoms with Crippen LogP contribution in [0.15, 0.2) is 23.2 Å². The van der Waals surface area contributed by atoms with Crippen LogP contribution in [0.2, 0.25) is 0 Å². The predicted molar refractivity (Wildman–Crippen MR) is 59.6 cm³/mol. The maximum Gasteiger partial charge on any atom is 0.235 e. The number of hydrogen-bond donors (Lipinski definition) is 0. The van der Waals surface area contributed by atoms with Crippen molar-refractivity contribution in [3.63, 3.8) is 0 Å². The summed E-state index contributed by atoms with van der Waals surface area (Å²) in [6, 6.07) is 4.11. The minimum Gasteiger partial charge on any atom is -0.239 e. The lowest BCUT2D eigenvalue weighted by Crippen LogP contribution is -2.13. The summed E-state index contributed by atoms with van der Waals surface area (Å²) in [7, 11) is 0. The molecule has 0 N–H and O–H groups in total. The molecule has 0 heterocycles. The van der Waals surface area contributed by atoms with Crippen LogP contribution in [0.1, 0.15) is 37.8 Å². The molecule has 1 aliphatic rings. The van der Waals surface area contributed by atoms with E-state index < -0.39 is 17.0 Å². The molecule has 90 valence electrons. The Bertz CT molecular complexity index is 495. The standard InChI is InChI=1S/C13H13F2NO/c1-12(2,15)9-3-4-11(14)10(7-9)13(5-6-13)16-8-17/h3-4,7H,5-6H2,1-2H3. The zero-order valence-corrected chi connectivity index (χ0v) is 9.76. The molecule has 4 heteroatoms. The van der Waals surface area contributed by atoms with Crippen molar-refractivity contribution in [2.24, 2.45) is 4.99 Å². The number of aliphatic imine (C=N–C) groups is 1. The van der Waals surface area contributed by atoms with Crippen molar-refractivity contribution in [2.45, 2.75) is 37.9 Å². The lowest BCUT2D eigenvalue weighted by Gasteiger charge is -2.18. The third-order valence-electron chi connectivity index (χ3n) is 3.14. The molecule has 0 spiro atoms. The van der Waals surface area contributed by atoms with Gasteiger partial charge in [-0.25, -0.2) is 13.6 Å². The van der Waals surface area contributed by atoms with Gasteiger partial charge in [-0.2, -0.15) is 4.99 Å². The maximum atomic E-state index is 13.8. The normalized spacial score (nSPS) is 17.4. The minimum absolute atomic E-state index is 0.295. The van der Waals surface area contributed by atoms with Crippen LogP contribution in [0.4, 0.5) is 8.78 Å². The van der Waals surface area contributed by atoms with Gasteiger partial charge in [-0.3, -0.25) is 0 Å². The van der Waals surface area contributed by atoms with E-state index in [4.69, 9.17) is 0 Å². The van der Waals surface area contributed by atoms with E-state index in [1.807, 2.05) is 0 Å². The summed E-state index contributed by atoms with van der Waals surface area (Å²) in [5.74, 6) is -0.450. The molecule has 1 aromatic carbocycles. The van der Waals surface area contributed by atoms with Gasteiger partial charge in [0.25, 0.3) is 0 Å². The molecule has 0 radical (unpaired) electrons. The number of rotatable bonds is 3. The van der Waals surface area contributed by atoms with Crippen molar-refractivity contribution in [2.75, 3.05) is 0 Å². The molecule has 1 aliphatic carbocycles. The van der Waals surface area contributed by atoms with Gasteiger partial charge in [0.1, 0.15) is 17.0 Å². The second-order valence-corrected chi connectivity index (χ2v) is 4.90. The zero-order valence-electron chi connectivity index (χ0n) is 9.76. The molecule has 0 aliphatic heterocycles. The Kier molecular flexibility index (Phi) is 2.63. The van der Waals surface area contributed by atoms with Crippen molar-refractivity contribution in [1.29, 1.82) is 0 Å². The Labute approximate surface area is 98.4 Å². The number of nitrogens with zero attached hydrogens (tertiary/aromatic N) is 1. The van der Waals surface area contributed by atoms with Crippen LogP contribution < -0.4 is 0 Å². The summed E-state index contributed by atoms with van der Waals surface area (Å²) >= 11 is 0. The Morgan fingerprint density at radius 1 is 1.41 bits per heavy atom. The average molecular weight is 237 g/mol. The van der Waals surface area contributed by atoms with Gasteiger partial charge in [0.15, 0.2) is 0 Å². The first-order valence-corrected chi connectivity index (χ1v) is 5.47. The van der Waals surface area contributed by atoms with Gasteiger partial charge in [0.05, 0.1) is 0 Å². The van der Waals surface area contributed by atoms with Gasteiger partial charge >= 0.3 is 0 Å². The predicted octanol–water partition coefficient (Wildman–Crippen LogP) is 3.36. The third-order valence-corrected chi connectivity index (χ3v) is 3.14. The van der Waals surface area contributed by atoms with Crippen LogP contribution in [0.25, 0.3) is 0 Å². The number of halogens is 2. The molecule has 0 saturated heterocycles. The van der Waals surface area contributed by atoms with Gasteiger partial charge in [-0.05, 0) is 44.4 Å². The largest absolute Gasteiger partial charge is 0.239 e. The molecule has 1 aromatic rings. The van der Waals surface area contributed by atoms with E-state index in [9.17, 15) is 13.6 Å². The number of isocyanates is 1. The van der Waals surface area contributed by atoms with E-state index in [0.29, 0.717) is 24.0 Å². The van der Waals surface area contributed by atoms with Crippen LogP contribution in [-0.2, 0) is 16.0 Å². The molecule has 17 heavy (non-hydrogen) atoms. The van der Waals surface area contributed by atoms with Crippen molar-refractivity contribution >= 4 is 6.08 Å². The summed E-state index contributed by atoms with van der Waals surface area (Å²) in [5, 5.41) is 0. The van der Waals surface area contributed by atoms with Gasteiger partial charge < -0.3 is 0 Å². The fraction of sp³-hybridized carbons (Fsp3) is 0.462. The molecule has 0 amide bonds. The summed E-state index contributed by atoms with van der Waals surface area (Å²) in [6.45, 7) is 2.82. The van der Waals surface area contributed by atoms with Crippen molar-refractivity contribution in [1.82, 2.24) is 0 Å². The minimum atomic E-state index is -1.54. The third kappa shape index (κ3) is 2.13. The van der Waals surface area contributed by atoms with Crippen molar-refractivity contribution < 1.29 is 13.6 Å². The molecular weight excluding hydrogens is 224 g/mol. The quantitative estimate of drug-likeness (QED) is 0.585. The summed E-state index contributed by atoms with van der Waals surface area (Å²) in [6.07, 6.45) is 2.68. The molecule has 2 rings (SSSR count). The zero-order chi connectivity index (χ0) is 12.7. The highest BCUT2D eigenvalue weighted by Crippen LogP contribution is 2.50. The first-order chi connectivity index (χ1) is 7.89. The summed E-state index contributed by atoms with van der Waals surface area (Å²) in [4.78, 5) is 14.0. The number of hydrogen-bond acceptors (Lipinski definition) is 2. The monoisotopic (exact) mass is 237 g/mol. The van der Waals surface area contributed by atoms with Crippen LogP contribution in [0.5, 0.6) is 0 Å². The highest BCUT2D eigenvalue weighted by atomic mass is 19.1. The second kappa shape index (κ2) is 3.74. The molecule has 2 nitrogen and oxygen atoms in total. The van der Waals surface area contributed by atoms with E-state index in [-0.39, 0.29) is 0 Å². The van der Waals surface area contributed by atoms with E-state index in [0.717, 1.165) is 0 Å². The van der Waals surface area contributed by atoms with Crippen LogP contribution in [0, 0.1) is 5.82 Å². The van der Waals surface area contributed by atoms with Crippen molar-refractivity contribution in [3.05, 3.63) is 35.1 Å². The molecule has 0 aromatic heterocycles. The van der Waals surface area contributed by atoms with Crippen LogP contribution in [0.3, 0.4) is 0 Å². The first kappa shape index (κ1) is 11.9. The summed E-state index contributed by atoms with van der Waals surface area (Å²) < 4.78 is 27.5. The number of carbonyl (C=O) groups excluding carboxylic acids is 1. The van der Waals surface area contributed by atoms with E-state index in [1.165, 1.54) is 38.1 Å². The summed E-state index contributed by atoms with van der Waals surface area (Å²) in [5.41, 5.74) is -1.65.